The lowest BCUT2D eigenvalue weighted by Crippen LogP contribution is -2.22. The lowest BCUT2D eigenvalue weighted by atomic mass is 10.1. The molecule has 5 nitrogen and oxygen atoms in total. The van der Waals surface area contributed by atoms with Crippen molar-refractivity contribution in [1.29, 1.82) is 0 Å². The Bertz CT molecular complexity index is 740. The van der Waals surface area contributed by atoms with Gasteiger partial charge in [0.25, 0.3) is 0 Å². The molecule has 2 aromatic carbocycles. The number of benzene rings is 2. The molecule has 0 saturated heterocycles. The second-order valence-corrected chi connectivity index (χ2v) is 5.27. The zero-order valence-corrected chi connectivity index (χ0v) is 14.1. The standard InChI is InChI=1S/C19H21NO4/c1-13-8-7-11-17(14(13)2)23-12-16-9-5-6-10-18(16)24-19(21)15(3)20-22-4/h5-11,20H,3,12H2,1-2,4H3. The van der Waals surface area contributed by atoms with Crippen molar-refractivity contribution in [1.82, 2.24) is 5.48 Å². The summed E-state index contributed by atoms with van der Waals surface area (Å²) in [5.41, 5.74) is 5.38. The molecule has 0 aliphatic rings. The van der Waals surface area contributed by atoms with Gasteiger partial charge in [-0.2, -0.15) is 0 Å². The van der Waals surface area contributed by atoms with Crippen molar-refractivity contribution < 1.29 is 19.1 Å². The fourth-order valence-corrected chi connectivity index (χ4v) is 2.09. The van der Waals surface area contributed by atoms with E-state index in [1.807, 2.05) is 44.2 Å². The number of nitrogens with one attached hydrogen (secondary N) is 1. The van der Waals surface area contributed by atoms with E-state index in [0.717, 1.165) is 22.4 Å². The minimum Gasteiger partial charge on any atom is -0.488 e. The van der Waals surface area contributed by atoms with E-state index < -0.39 is 5.97 Å². The normalized spacial score (nSPS) is 10.1. The van der Waals surface area contributed by atoms with Gasteiger partial charge < -0.3 is 9.47 Å². The molecule has 126 valence electrons. The monoisotopic (exact) mass is 327 g/mol. The maximum Gasteiger partial charge on any atom is 0.361 e. The van der Waals surface area contributed by atoms with Gasteiger partial charge in [-0.15, -0.1) is 0 Å². The maximum atomic E-state index is 11.9. The molecular formula is C19H21NO4. The fraction of sp³-hybridized carbons (Fsp3) is 0.211. The number of hydrogen-bond donors (Lipinski definition) is 1. The summed E-state index contributed by atoms with van der Waals surface area (Å²) in [5, 5.41) is 0. The summed E-state index contributed by atoms with van der Waals surface area (Å²) in [6.07, 6.45) is 0. The SMILES string of the molecule is C=C(NOC)C(=O)Oc1ccccc1COc1cccc(C)c1C. The fourth-order valence-electron chi connectivity index (χ4n) is 2.09. The summed E-state index contributed by atoms with van der Waals surface area (Å²) >= 11 is 0. The van der Waals surface area contributed by atoms with Crippen LogP contribution in [0.1, 0.15) is 16.7 Å². The number of hydroxylamine groups is 1. The van der Waals surface area contributed by atoms with E-state index in [1.165, 1.54) is 7.11 Å². The van der Waals surface area contributed by atoms with Crippen molar-refractivity contribution in [2.45, 2.75) is 20.5 Å². The van der Waals surface area contributed by atoms with Gasteiger partial charge in [0.15, 0.2) is 0 Å². The van der Waals surface area contributed by atoms with E-state index in [4.69, 9.17) is 9.47 Å². The number of para-hydroxylation sites is 1. The molecule has 0 spiro atoms. The first-order valence-electron chi connectivity index (χ1n) is 7.50. The van der Waals surface area contributed by atoms with Crippen molar-refractivity contribution in [2.75, 3.05) is 7.11 Å². The molecule has 0 heterocycles. The first-order chi connectivity index (χ1) is 11.5. The quantitative estimate of drug-likeness (QED) is 0.365. The van der Waals surface area contributed by atoms with Gasteiger partial charge in [-0.3, -0.25) is 10.3 Å². The lowest BCUT2D eigenvalue weighted by Gasteiger charge is -2.14. The minimum absolute atomic E-state index is 0.0164. The number of ether oxygens (including phenoxy) is 2. The number of rotatable bonds is 7. The van der Waals surface area contributed by atoms with Crippen LogP contribution in [0.2, 0.25) is 0 Å². The van der Waals surface area contributed by atoms with E-state index in [0.29, 0.717) is 5.75 Å². The average molecular weight is 327 g/mol. The molecule has 24 heavy (non-hydrogen) atoms. The van der Waals surface area contributed by atoms with Gasteiger partial charge in [0, 0.05) is 5.56 Å². The van der Waals surface area contributed by atoms with Gasteiger partial charge >= 0.3 is 5.97 Å². The van der Waals surface area contributed by atoms with E-state index in [1.54, 1.807) is 12.1 Å². The maximum absolute atomic E-state index is 11.9. The third kappa shape index (κ3) is 4.36. The molecule has 0 radical (unpaired) electrons. The third-order valence-electron chi connectivity index (χ3n) is 3.59. The highest BCUT2D eigenvalue weighted by Gasteiger charge is 2.13. The van der Waals surface area contributed by atoms with E-state index >= 15 is 0 Å². The molecule has 2 aromatic rings. The Morgan fingerprint density at radius 1 is 1.08 bits per heavy atom. The van der Waals surface area contributed by atoms with Gasteiger partial charge in [-0.05, 0) is 37.1 Å². The highest BCUT2D eigenvalue weighted by molar-refractivity contribution is 5.88. The van der Waals surface area contributed by atoms with Gasteiger partial charge in [-0.25, -0.2) is 4.79 Å². The Labute approximate surface area is 141 Å². The van der Waals surface area contributed by atoms with Gasteiger partial charge in [0.2, 0.25) is 0 Å². The van der Waals surface area contributed by atoms with Gasteiger partial charge in [-0.1, -0.05) is 36.9 Å². The van der Waals surface area contributed by atoms with Crippen LogP contribution in [-0.4, -0.2) is 13.1 Å². The summed E-state index contributed by atoms with van der Waals surface area (Å²) in [4.78, 5) is 16.6. The van der Waals surface area contributed by atoms with Crippen LogP contribution < -0.4 is 15.0 Å². The predicted octanol–water partition coefficient (Wildman–Crippen LogP) is 3.45. The Kier molecular flexibility index (Phi) is 5.98. The summed E-state index contributed by atoms with van der Waals surface area (Å²) < 4.78 is 11.2. The molecule has 0 aliphatic carbocycles. The molecule has 1 N–H and O–H groups in total. The Balaban J connectivity index is 2.10. The number of carbonyl (C=O) groups is 1. The van der Waals surface area contributed by atoms with Gasteiger partial charge in [0.1, 0.15) is 23.8 Å². The lowest BCUT2D eigenvalue weighted by molar-refractivity contribution is -0.131. The second-order valence-electron chi connectivity index (χ2n) is 5.27. The van der Waals surface area contributed by atoms with Gasteiger partial charge in [0.05, 0.1) is 7.11 Å². The molecule has 5 heteroatoms. The molecule has 0 saturated carbocycles. The van der Waals surface area contributed by atoms with Crippen LogP contribution in [0.3, 0.4) is 0 Å². The van der Waals surface area contributed by atoms with Crippen molar-refractivity contribution in [3.8, 4) is 11.5 Å². The number of carbonyl (C=O) groups excluding carboxylic acids is 1. The number of esters is 1. The largest absolute Gasteiger partial charge is 0.488 e. The van der Waals surface area contributed by atoms with Crippen molar-refractivity contribution in [3.63, 3.8) is 0 Å². The summed E-state index contributed by atoms with van der Waals surface area (Å²) in [6, 6.07) is 13.1. The Morgan fingerprint density at radius 2 is 1.79 bits per heavy atom. The molecule has 0 aliphatic heterocycles. The number of hydrogen-bond acceptors (Lipinski definition) is 5. The second kappa shape index (κ2) is 8.17. The van der Waals surface area contributed by atoms with Crippen molar-refractivity contribution in [3.05, 3.63) is 71.4 Å². The van der Waals surface area contributed by atoms with Crippen LogP contribution in [0, 0.1) is 13.8 Å². The highest BCUT2D eigenvalue weighted by Crippen LogP contribution is 2.24. The van der Waals surface area contributed by atoms with E-state index in [-0.39, 0.29) is 12.3 Å². The van der Waals surface area contributed by atoms with E-state index in [2.05, 4.69) is 16.9 Å². The molecule has 2 rings (SSSR count). The molecule has 0 aromatic heterocycles. The molecule has 0 atom stereocenters. The Morgan fingerprint density at radius 3 is 2.54 bits per heavy atom. The van der Waals surface area contributed by atoms with Crippen LogP contribution in [0.4, 0.5) is 0 Å². The summed E-state index contributed by atoms with van der Waals surface area (Å²) in [5.74, 6) is 0.615. The molecule has 0 amide bonds. The van der Waals surface area contributed by atoms with Crippen LogP contribution in [0.5, 0.6) is 11.5 Å². The van der Waals surface area contributed by atoms with Crippen molar-refractivity contribution >= 4 is 5.97 Å². The van der Waals surface area contributed by atoms with Crippen LogP contribution in [0.15, 0.2) is 54.7 Å². The summed E-state index contributed by atoms with van der Waals surface area (Å²) in [7, 11) is 1.39. The molecule has 0 fully saturated rings. The zero-order chi connectivity index (χ0) is 17.5. The zero-order valence-electron chi connectivity index (χ0n) is 14.1. The Hall–Kier alpha value is -2.79. The highest BCUT2D eigenvalue weighted by atomic mass is 16.6. The molecule has 0 bridgehead atoms. The summed E-state index contributed by atoms with van der Waals surface area (Å²) in [6.45, 7) is 7.88. The van der Waals surface area contributed by atoms with Crippen LogP contribution in [-0.2, 0) is 16.2 Å². The van der Waals surface area contributed by atoms with Crippen molar-refractivity contribution in [2.24, 2.45) is 0 Å². The first kappa shape index (κ1) is 17.6. The average Bonchev–Trinajstić information content (AvgIpc) is 2.57. The predicted molar refractivity (Wildman–Crippen MR) is 91.6 cm³/mol. The topological polar surface area (TPSA) is 56.8 Å². The first-order valence-corrected chi connectivity index (χ1v) is 7.50. The number of aryl methyl sites for hydroxylation is 1. The molecular weight excluding hydrogens is 306 g/mol. The smallest absolute Gasteiger partial charge is 0.361 e. The van der Waals surface area contributed by atoms with Crippen LogP contribution >= 0.6 is 0 Å². The molecule has 0 unspecified atom stereocenters. The van der Waals surface area contributed by atoms with E-state index in [9.17, 15) is 4.79 Å². The minimum atomic E-state index is -0.615. The van der Waals surface area contributed by atoms with Crippen LogP contribution in [0.25, 0.3) is 0 Å². The third-order valence-corrected chi connectivity index (χ3v) is 3.59.